The highest BCUT2D eigenvalue weighted by molar-refractivity contribution is 7.89. The van der Waals surface area contributed by atoms with E-state index in [4.69, 9.17) is 5.26 Å². The number of nitriles is 1. The molecule has 0 bridgehead atoms. The first-order chi connectivity index (χ1) is 7.53. The van der Waals surface area contributed by atoms with Crippen LogP contribution in [0.25, 0.3) is 0 Å². The van der Waals surface area contributed by atoms with Crippen LogP contribution >= 0.6 is 0 Å². The van der Waals surface area contributed by atoms with Crippen molar-refractivity contribution in [2.75, 3.05) is 12.8 Å². The minimum absolute atomic E-state index is 0.0332. The first-order valence-electron chi connectivity index (χ1n) is 4.79. The standard InChI is InChI=1S/C10H13N3O2S/c1-3-16(14,15)13(2)10(8-11)9-6-4-5-7-12-9/h4-7,10H,3H2,1-2H3. The maximum Gasteiger partial charge on any atom is 0.215 e. The average Bonchev–Trinajstić information content (AvgIpc) is 2.31. The second-order valence-electron chi connectivity index (χ2n) is 3.20. The Labute approximate surface area is 95.4 Å². The lowest BCUT2D eigenvalue weighted by atomic mass is 10.2. The lowest BCUT2D eigenvalue weighted by Gasteiger charge is -2.20. The van der Waals surface area contributed by atoms with E-state index in [0.29, 0.717) is 5.69 Å². The summed E-state index contributed by atoms with van der Waals surface area (Å²) in [5, 5.41) is 9.01. The highest BCUT2D eigenvalue weighted by atomic mass is 32.2. The molecule has 0 N–H and O–H groups in total. The summed E-state index contributed by atoms with van der Waals surface area (Å²) in [7, 11) is -2.00. The molecule has 0 aliphatic rings. The molecule has 5 nitrogen and oxygen atoms in total. The third kappa shape index (κ3) is 2.56. The highest BCUT2D eigenvalue weighted by Crippen LogP contribution is 2.19. The van der Waals surface area contributed by atoms with Gasteiger partial charge in [-0.05, 0) is 19.1 Å². The maximum absolute atomic E-state index is 11.6. The molecule has 0 radical (unpaired) electrons. The predicted molar refractivity (Wildman–Crippen MR) is 59.8 cm³/mol. The van der Waals surface area contributed by atoms with Gasteiger partial charge in [-0.1, -0.05) is 6.07 Å². The molecule has 1 atom stereocenters. The van der Waals surface area contributed by atoms with Gasteiger partial charge in [0.1, 0.15) is 0 Å². The Morgan fingerprint density at radius 2 is 2.25 bits per heavy atom. The largest absolute Gasteiger partial charge is 0.258 e. The fourth-order valence-corrected chi connectivity index (χ4v) is 2.12. The zero-order valence-corrected chi connectivity index (χ0v) is 9.98. The van der Waals surface area contributed by atoms with Gasteiger partial charge in [0, 0.05) is 13.2 Å². The molecule has 0 amide bonds. The number of aromatic nitrogens is 1. The fourth-order valence-electron chi connectivity index (χ4n) is 1.24. The minimum Gasteiger partial charge on any atom is -0.258 e. The van der Waals surface area contributed by atoms with Crippen molar-refractivity contribution in [1.82, 2.24) is 9.29 Å². The number of rotatable bonds is 4. The van der Waals surface area contributed by atoms with E-state index in [0.717, 1.165) is 4.31 Å². The Balaban J connectivity index is 3.07. The van der Waals surface area contributed by atoms with Gasteiger partial charge in [0.15, 0.2) is 6.04 Å². The van der Waals surface area contributed by atoms with Gasteiger partial charge in [-0.25, -0.2) is 8.42 Å². The van der Waals surface area contributed by atoms with Crippen LogP contribution in [0, 0.1) is 11.3 Å². The summed E-state index contributed by atoms with van der Waals surface area (Å²) in [5.74, 6) is -0.0332. The van der Waals surface area contributed by atoms with Crippen molar-refractivity contribution in [3.05, 3.63) is 30.1 Å². The lowest BCUT2D eigenvalue weighted by Crippen LogP contribution is -2.32. The molecule has 6 heteroatoms. The Morgan fingerprint density at radius 3 is 2.69 bits per heavy atom. The van der Waals surface area contributed by atoms with Crippen LogP contribution in [-0.4, -0.2) is 30.5 Å². The van der Waals surface area contributed by atoms with Crippen molar-refractivity contribution < 1.29 is 8.42 Å². The van der Waals surface area contributed by atoms with Crippen LogP contribution in [0.4, 0.5) is 0 Å². The van der Waals surface area contributed by atoms with Gasteiger partial charge in [-0.3, -0.25) is 4.98 Å². The molecule has 16 heavy (non-hydrogen) atoms. The fraction of sp³-hybridized carbons (Fsp3) is 0.400. The van der Waals surface area contributed by atoms with E-state index in [9.17, 15) is 8.42 Å². The molecular weight excluding hydrogens is 226 g/mol. The molecule has 1 unspecified atom stereocenters. The molecule has 1 heterocycles. The second-order valence-corrected chi connectivity index (χ2v) is 5.52. The molecular formula is C10H13N3O2S. The van der Waals surface area contributed by atoms with Gasteiger partial charge >= 0.3 is 0 Å². The van der Waals surface area contributed by atoms with Crippen molar-refractivity contribution in [3.63, 3.8) is 0 Å². The molecule has 86 valence electrons. The van der Waals surface area contributed by atoms with Crippen molar-refractivity contribution in [2.24, 2.45) is 0 Å². The maximum atomic E-state index is 11.6. The zero-order chi connectivity index (χ0) is 12.2. The number of hydrogen-bond acceptors (Lipinski definition) is 4. The van der Waals surface area contributed by atoms with Gasteiger partial charge in [0.2, 0.25) is 10.0 Å². The summed E-state index contributed by atoms with van der Waals surface area (Å²) in [6, 6.07) is 6.14. The first kappa shape index (κ1) is 12.6. The topological polar surface area (TPSA) is 74.1 Å². The smallest absolute Gasteiger partial charge is 0.215 e. The molecule has 1 aromatic rings. The number of sulfonamides is 1. The third-order valence-corrected chi connectivity index (χ3v) is 4.08. The first-order valence-corrected chi connectivity index (χ1v) is 6.40. The Bertz CT molecular complexity index is 479. The zero-order valence-electron chi connectivity index (χ0n) is 9.16. The van der Waals surface area contributed by atoms with E-state index in [1.165, 1.54) is 13.2 Å². The molecule has 0 aliphatic carbocycles. The monoisotopic (exact) mass is 239 g/mol. The number of nitrogens with zero attached hydrogens (tertiary/aromatic N) is 3. The summed E-state index contributed by atoms with van der Waals surface area (Å²) in [5.41, 5.74) is 0.435. The van der Waals surface area contributed by atoms with Crippen LogP contribution < -0.4 is 0 Å². The molecule has 0 spiro atoms. The molecule has 1 rings (SSSR count). The van der Waals surface area contributed by atoms with Gasteiger partial charge in [0.05, 0.1) is 17.5 Å². The van der Waals surface area contributed by atoms with Crippen molar-refractivity contribution in [2.45, 2.75) is 13.0 Å². The van der Waals surface area contributed by atoms with E-state index < -0.39 is 16.1 Å². The van der Waals surface area contributed by atoms with Gasteiger partial charge < -0.3 is 0 Å². The Morgan fingerprint density at radius 1 is 1.56 bits per heavy atom. The summed E-state index contributed by atoms with van der Waals surface area (Å²) < 4.78 is 24.3. The summed E-state index contributed by atoms with van der Waals surface area (Å²) in [6.45, 7) is 1.54. The summed E-state index contributed by atoms with van der Waals surface area (Å²) in [6.07, 6.45) is 1.53. The van der Waals surface area contributed by atoms with Gasteiger partial charge in [-0.15, -0.1) is 0 Å². The summed E-state index contributed by atoms with van der Waals surface area (Å²) in [4.78, 5) is 3.99. The second kappa shape index (κ2) is 5.05. The van der Waals surface area contributed by atoms with E-state index in [2.05, 4.69) is 4.98 Å². The predicted octanol–water partition coefficient (Wildman–Crippen LogP) is 0.928. The molecule has 0 fully saturated rings. The SMILES string of the molecule is CCS(=O)(=O)N(C)C(C#N)c1ccccn1. The normalized spacial score (nSPS) is 13.4. The summed E-state index contributed by atoms with van der Waals surface area (Å²) >= 11 is 0. The van der Waals surface area contributed by atoms with E-state index in [-0.39, 0.29) is 5.75 Å². The van der Waals surface area contributed by atoms with Crippen LogP contribution in [0.5, 0.6) is 0 Å². The Hall–Kier alpha value is -1.45. The quantitative estimate of drug-likeness (QED) is 0.783. The van der Waals surface area contributed by atoms with Gasteiger partial charge in [-0.2, -0.15) is 9.57 Å². The number of pyridine rings is 1. The molecule has 0 saturated carbocycles. The van der Waals surface area contributed by atoms with Crippen molar-refractivity contribution in [1.29, 1.82) is 5.26 Å². The van der Waals surface area contributed by atoms with E-state index in [1.54, 1.807) is 25.1 Å². The van der Waals surface area contributed by atoms with Gasteiger partial charge in [0.25, 0.3) is 0 Å². The minimum atomic E-state index is -3.39. The van der Waals surface area contributed by atoms with Crippen LogP contribution in [-0.2, 0) is 10.0 Å². The van der Waals surface area contributed by atoms with Crippen LogP contribution in [0.2, 0.25) is 0 Å². The molecule has 0 aromatic carbocycles. The number of hydrogen-bond donors (Lipinski definition) is 0. The van der Waals surface area contributed by atoms with Crippen molar-refractivity contribution in [3.8, 4) is 6.07 Å². The van der Waals surface area contributed by atoms with E-state index in [1.807, 2.05) is 6.07 Å². The third-order valence-electron chi connectivity index (χ3n) is 2.26. The van der Waals surface area contributed by atoms with Crippen LogP contribution in [0.3, 0.4) is 0 Å². The highest BCUT2D eigenvalue weighted by Gasteiger charge is 2.26. The molecule has 1 aromatic heterocycles. The lowest BCUT2D eigenvalue weighted by molar-refractivity contribution is 0.427. The molecule has 0 saturated heterocycles. The van der Waals surface area contributed by atoms with Crippen molar-refractivity contribution >= 4 is 10.0 Å². The van der Waals surface area contributed by atoms with Crippen LogP contribution in [0.15, 0.2) is 24.4 Å². The van der Waals surface area contributed by atoms with E-state index >= 15 is 0 Å². The Kier molecular flexibility index (Phi) is 3.99. The average molecular weight is 239 g/mol. The van der Waals surface area contributed by atoms with Crippen LogP contribution in [0.1, 0.15) is 18.7 Å². The molecule has 0 aliphatic heterocycles.